The van der Waals surface area contributed by atoms with Crippen LogP contribution in [0, 0.1) is 0 Å². The molecule has 0 spiro atoms. The monoisotopic (exact) mass is 629 g/mol. The number of anilines is 1. The number of carboxylic acids is 1. The standard InChI is InChI=1S/C30H23ClF3N3O5S/c31-23-11-8-19(35-26(38)24-25(17-4-2-1-3-5-17)43-29(36-24)30(32,33)34)16-22(23)27(39)37-14-12-21(13-15-37)42-20-9-6-18(7-10-20)28(40)41/h1-11,16,21H,12-15H2,(H,35,38)(H,40,41). The Morgan fingerprint density at radius 3 is 2.30 bits per heavy atom. The Bertz CT molecular complexity index is 1650. The Balaban J connectivity index is 1.27. The molecule has 1 aliphatic rings. The van der Waals surface area contributed by atoms with Gasteiger partial charge in [0.25, 0.3) is 11.8 Å². The second-order valence-corrected chi connectivity index (χ2v) is 11.1. The molecular formula is C30H23ClF3N3O5S. The summed E-state index contributed by atoms with van der Waals surface area (Å²) in [6, 6.07) is 18.5. The maximum atomic E-state index is 13.5. The van der Waals surface area contributed by atoms with Crippen molar-refractivity contribution in [1.29, 1.82) is 0 Å². The fraction of sp³-hybridized carbons (Fsp3) is 0.200. The highest BCUT2D eigenvalue weighted by atomic mass is 35.5. The van der Waals surface area contributed by atoms with Gasteiger partial charge in [0.05, 0.1) is 21.0 Å². The van der Waals surface area contributed by atoms with Crippen LogP contribution in [0.1, 0.15) is 49.1 Å². The zero-order valence-corrected chi connectivity index (χ0v) is 23.8. The zero-order valence-electron chi connectivity index (χ0n) is 22.2. The fourth-order valence-corrected chi connectivity index (χ4v) is 5.69. The molecule has 4 aromatic rings. The van der Waals surface area contributed by atoms with Crippen LogP contribution >= 0.6 is 22.9 Å². The zero-order chi connectivity index (χ0) is 30.7. The van der Waals surface area contributed by atoms with E-state index < -0.39 is 23.1 Å². The van der Waals surface area contributed by atoms with Crippen molar-refractivity contribution in [2.75, 3.05) is 18.4 Å². The third-order valence-electron chi connectivity index (χ3n) is 6.71. The van der Waals surface area contributed by atoms with Gasteiger partial charge in [-0.2, -0.15) is 13.2 Å². The van der Waals surface area contributed by atoms with Crippen LogP contribution in [-0.2, 0) is 6.18 Å². The number of carbonyl (C=O) groups is 3. The van der Waals surface area contributed by atoms with Crippen molar-refractivity contribution < 1.29 is 37.4 Å². The van der Waals surface area contributed by atoms with E-state index in [2.05, 4.69) is 10.3 Å². The molecule has 1 aromatic heterocycles. The molecule has 222 valence electrons. The summed E-state index contributed by atoms with van der Waals surface area (Å²) in [5.41, 5.74) is 0.475. The molecule has 43 heavy (non-hydrogen) atoms. The molecule has 1 fully saturated rings. The molecule has 0 aliphatic carbocycles. The molecule has 5 rings (SSSR count). The number of thiazole rings is 1. The summed E-state index contributed by atoms with van der Waals surface area (Å²) >= 11 is 6.71. The molecule has 3 aromatic carbocycles. The first-order chi connectivity index (χ1) is 20.5. The Kier molecular flexibility index (Phi) is 8.69. The van der Waals surface area contributed by atoms with Crippen molar-refractivity contribution in [3.8, 4) is 16.2 Å². The lowest BCUT2D eigenvalue weighted by atomic mass is 10.1. The first-order valence-electron chi connectivity index (χ1n) is 13.0. The van der Waals surface area contributed by atoms with Gasteiger partial charge in [-0.1, -0.05) is 41.9 Å². The van der Waals surface area contributed by atoms with E-state index in [4.69, 9.17) is 21.4 Å². The molecule has 0 atom stereocenters. The minimum absolute atomic E-state index is 0.0682. The van der Waals surface area contributed by atoms with Gasteiger partial charge in [-0.05, 0) is 48.0 Å². The van der Waals surface area contributed by atoms with Crippen LogP contribution in [0.5, 0.6) is 5.75 Å². The topological polar surface area (TPSA) is 109 Å². The van der Waals surface area contributed by atoms with Crippen LogP contribution in [0.25, 0.3) is 10.4 Å². The second-order valence-electron chi connectivity index (χ2n) is 9.65. The van der Waals surface area contributed by atoms with Crippen molar-refractivity contribution in [3.05, 3.63) is 99.6 Å². The first kappa shape index (κ1) is 30.1. The maximum absolute atomic E-state index is 13.5. The first-order valence-corrected chi connectivity index (χ1v) is 14.2. The predicted octanol–water partition coefficient (Wildman–Crippen LogP) is 7.12. The molecule has 2 amide bonds. The predicted molar refractivity (Wildman–Crippen MR) is 155 cm³/mol. The van der Waals surface area contributed by atoms with Gasteiger partial charge in [-0.25, -0.2) is 9.78 Å². The third kappa shape index (κ3) is 6.98. The number of piperidine rings is 1. The number of aromatic nitrogens is 1. The number of nitrogens with one attached hydrogen (secondary N) is 1. The number of benzene rings is 3. The fourth-order valence-electron chi connectivity index (χ4n) is 4.55. The highest BCUT2D eigenvalue weighted by molar-refractivity contribution is 7.15. The molecule has 0 radical (unpaired) electrons. The number of likely N-dealkylation sites (tertiary alicyclic amines) is 1. The summed E-state index contributed by atoms with van der Waals surface area (Å²) in [6.07, 6.45) is -3.86. The third-order valence-corrected chi connectivity index (χ3v) is 8.19. The largest absolute Gasteiger partial charge is 0.490 e. The Morgan fingerprint density at radius 1 is 1.00 bits per heavy atom. The van der Waals surface area contributed by atoms with E-state index in [9.17, 15) is 27.6 Å². The van der Waals surface area contributed by atoms with Crippen molar-refractivity contribution in [2.45, 2.75) is 25.1 Å². The number of halogens is 4. The number of amides is 2. The number of hydrogen-bond donors (Lipinski definition) is 2. The molecule has 1 aliphatic heterocycles. The van der Waals surface area contributed by atoms with Crippen LogP contribution in [-0.4, -0.2) is 52.0 Å². The van der Waals surface area contributed by atoms with Gasteiger partial charge in [0.15, 0.2) is 5.01 Å². The van der Waals surface area contributed by atoms with Gasteiger partial charge in [0.1, 0.15) is 17.5 Å². The number of hydrogen-bond acceptors (Lipinski definition) is 6. The average molecular weight is 630 g/mol. The number of carboxylic acid groups (broad SMARTS) is 1. The number of nitrogens with zero attached hydrogens (tertiary/aromatic N) is 2. The van der Waals surface area contributed by atoms with Gasteiger partial charge in [0.2, 0.25) is 0 Å². The second kappa shape index (κ2) is 12.4. The van der Waals surface area contributed by atoms with E-state index in [1.807, 2.05) is 0 Å². The number of carbonyl (C=O) groups excluding carboxylic acids is 2. The summed E-state index contributed by atoms with van der Waals surface area (Å²) in [5, 5.41) is 10.6. The number of rotatable bonds is 7. The molecule has 2 heterocycles. The Morgan fingerprint density at radius 2 is 1.67 bits per heavy atom. The summed E-state index contributed by atoms with van der Waals surface area (Å²) in [6.45, 7) is 0.728. The number of aromatic carboxylic acids is 1. The number of alkyl halides is 3. The van der Waals surface area contributed by atoms with Crippen LogP contribution in [0.2, 0.25) is 5.02 Å². The maximum Gasteiger partial charge on any atom is 0.443 e. The lowest BCUT2D eigenvalue weighted by molar-refractivity contribution is -0.137. The molecule has 0 saturated carbocycles. The van der Waals surface area contributed by atoms with Gasteiger partial charge in [-0.3, -0.25) is 9.59 Å². The van der Waals surface area contributed by atoms with E-state index in [0.29, 0.717) is 48.6 Å². The minimum Gasteiger partial charge on any atom is -0.490 e. The Hall–Kier alpha value is -4.42. The minimum atomic E-state index is -4.73. The lowest BCUT2D eigenvalue weighted by Gasteiger charge is -2.32. The smallest absolute Gasteiger partial charge is 0.443 e. The molecule has 8 nitrogen and oxygen atoms in total. The van der Waals surface area contributed by atoms with Crippen LogP contribution < -0.4 is 10.1 Å². The highest BCUT2D eigenvalue weighted by Crippen LogP contribution is 2.39. The highest BCUT2D eigenvalue weighted by Gasteiger charge is 2.37. The van der Waals surface area contributed by atoms with E-state index >= 15 is 0 Å². The summed E-state index contributed by atoms with van der Waals surface area (Å²) in [7, 11) is 0. The van der Waals surface area contributed by atoms with E-state index in [1.165, 1.54) is 30.3 Å². The molecule has 13 heteroatoms. The number of ether oxygens (including phenoxy) is 1. The summed E-state index contributed by atoms with van der Waals surface area (Å²) < 4.78 is 46.3. The van der Waals surface area contributed by atoms with E-state index in [0.717, 1.165) is 0 Å². The van der Waals surface area contributed by atoms with Gasteiger partial charge in [0, 0.05) is 31.6 Å². The molecule has 0 unspecified atom stereocenters. The van der Waals surface area contributed by atoms with Crippen molar-refractivity contribution in [2.24, 2.45) is 0 Å². The quantitative estimate of drug-likeness (QED) is 0.225. The van der Waals surface area contributed by atoms with E-state index in [-0.39, 0.29) is 44.4 Å². The van der Waals surface area contributed by atoms with Gasteiger partial charge in [-0.15, -0.1) is 11.3 Å². The SMILES string of the molecule is O=C(O)c1ccc(OC2CCN(C(=O)c3cc(NC(=O)c4nc(C(F)(F)F)sc4-c4ccccc4)ccc3Cl)CC2)cc1. The van der Waals surface area contributed by atoms with Crippen LogP contribution in [0.4, 0.5) is 18.9 Å². The van der Waals surface area contributed by atoms with Crippen molar-refractivity contribution in [1.82, 2.24) is 9.88 Å². The summed E-state index contributed by atoms with van der Waals surface area (Å²) in [5.74, 6) is -1.74. The molecule has 2 N–H and O–H groups in total. The Labute approximate surface area is 252 Å². The van der Waals surface area contributed by atoms with Crippen LogP contribution in [0.3, 0.4) is 0 Å². The van der Waals surface area contributed by atoms with Gasteiger partial charge >= 0.3 is 12.1 Å². The normalized spacial score (nSPS) is 13.9. The molecule has 1 saturated heterocycles. The van der Waals surface area contributed by atoms with Crippen molar-refractivity contribution >= 4 is 46.4 Å². The molecular weight excluding hydrogens is 607 g/mol. The summed E-state index contributed by atoms with van der Waals surface area (Å²) in [4.78, 5) is 42.8. The van der Waals surface area contributed by atoms with Crippen LogP contribution in [0.15, 0.2) is 72.8 Å². The molecule has 0 bridgehead atoms. The van der Waals surface area contributed by atoms with Gasteiger partial charge < -0.3 is 20.1 Å². The average Bonchev–Trinajstić information content (AvgIpc) is 3.46. The van der Waals surface area contributed by atoms with E-state index in [1.54, 1.807) is 47.4 Å². The van der Waals surface area contributed by atoms with Crippen molar-refractivity contribution in [3.63, 3.8) is 0 Å². The lowest BCUT2D eigenvalue weighted by Crippen LogP contribution is -2.41.